The quantitative estimate of drug-likeness (QED) is 0.849. The maximum absolute atomic E-state index is 12.4. The smallest absolute Gasteiger partial charge is 0.224 e. The van der Waals surface area contributed by atoms with E-state index in [2.05, 4.69) is 27.1 Å². The first-order valence-electron chi connectivity index (χ1n) is 9.01. The molecule has 1 N–H and O–H groups in total. The number of hydrogen-bond acceptors (Lipinski definition) is 5. The van der Waals surface area contributed by atoms with Crippen molar-refractivity contribution in [1.29, 1.82) is 0 Å². The van der Waals surface area contributed by atoms with Gasteiger partial charge in [0.25, 0.3) is 0 Å². The fraction of sp³-hybridized carbons (Fsp3) is 0.722. The Morgan fingerprint density at radius 3 is 3.00 bits per heavy atom. The van der Waals surface area contributed by atoms with Gasteiger partial charge in [-0.15, -0.1) is 0 Å². The van der Waals surface area contributed by atoms with Crippen LogP contribution in [0, 0.1) is 12.8 Å². The molecule has 0 radical (unpaired) electrons. The highest BCUT2D eigenvalue weighted by Crippen LogP contribution is 2.21. The second kappa shape index (κ2) is 8.03. The molecule has 0 spiro atoms. The molecular formula is C18H28N4O2. The number of amides is 1. The summed E-state index contributed by atoms with van der Waals surface area (Å²) in [6.45, 7) is 5.89. The lowest BCUT2D eigenvalue weighted by Crippen LogP contribution is -2.33. The largest absolute Gasteiger partial charge is 0.383 e. The molecule has 24 heavy (non-hydrogen) atoms. The zero-order chi connectivity index (χ0) is 16.9. The second-order valence-electron chi connectivity index (χ2n) is 6.85. The summed E-state index contributed by atoms with van der Waals surface area (Å²) in [5, 5.41) is 3.03. The van der Waals surface area contributed by atoms with Crippen LogP contribution in [0.3, 0.4) is 0 Å². The van der Waals surface area contributed by atoms with Crippen molar-refractivity contribution in [2.24, 2.45) is 5.92 Å². The third kappa shape index (κ3) is 4.11. The van der Waals surface area contributed by atoms with Crippen molar-refractivity contribution in [2.45, 2.75) is 45.6 Å². The van der Waals surface area contributed by atoms with Crippen LogP contribution in [0.15, 0.2) is 0 Å². The fourth-order valence-corrected chi connectivity index (χ4v) is 3.70. The zero-order valence-corrected chi connectivity index (χ0v) is 14.8. The number of aromatic nitrogens is 2. The molecule has 1 amide bonds. The average Bonchev–Trinajstić information content (AvgIpc) is 3.07. The predicted octanol–water partition coefficient (Wildman–Crippen LogP) is 1.25. The molecule has 1 aromatic heterocycles. The van der Waals surface area contributed by atoms with Crippen molar-refractivity contribution in [3.8, 4) is 0 Å². The van der Waals surface area contributed by atoms with E-state index in [1.165, 1.54) is 24.1 Å². The number of carbonyl (C=O) groups is 1. The van der Waals surface area contributed by atoms with Crippen LogP contribution in [0.4, 0.5) is 0 Å². The Kier molecular flexibility index (Phi) is 5.79. The summed E-state index contributed by atoms with van der Waals surface area (Å²) < 4.78 is 5.10. The third-order valence-electron chi connectivity index (χ3n) is 5.11. The topological polar surface area (TPSA) is 67.3 Å². The Morgan fingerprint density at radius 2 is 2.17 bits per heavy atom. The first-order valence-corrected chi connectivity index (χ1v) is 9.01. The minimum atomic E-state index is 0.0700. The van der Waals surface area contributed by atoms with E-state index in [9.17, 15) is 4.79 Å². The van der Waals surface area contributed by atoms with E-state index >= 15 is 0 Å². The van der Waals surface area contributed by atoms with Crippen LogP contribution >= 0.6 is 0 Å². The van der Waals surface area contributed by atoms with E-state index < -0.39 is 0 Å². The van der Waals surface area contributed by atoms with Gasteiger partial charge in [0.1, 0.15) is 5.82 Å². The molecule has 1 fully saturated rings. The fourth-order valence-electron chi connectivity index (χ4n) is 3.70. The second-order valence-corrected chi connectivity index (χ2v) is 6.85. The van der Waals surface area contributed by atoms with Gasteiger partial charge in [0.05, 0.1) is 19.1 Å². The van der Waals surface area contributed by atoms with Crippen LogP contribution < -0.4 is 5.32 Å². The number of nitrogens with one attached hydrogen (secondary N) is 1. The third-order valence-corrected chi connectivity index (χ3v) is 5.11. The summed E-state index contributed by atoms with van der Waals surface area (Å²) in [4.78, 5) is 23.9. The maximum Gasteiger partial charge on any atom is 0.224 e. The molecule has 1 aliphatic heterocycles. The molecule has 0 saturated carbocycles. The molecule has 1 aromatic rings. The molecule has 3 rings (SSSR count). The van der Waals surface area contributed by atoms with Crippen LogP contribution in [-0.4, -0.2) is 54.1 Å². The van der Waals surface area contributed by atoms with Crippen molar-refractivity contribution >= 4 is 5.91 Å². The molecule has 2 heterocycles. The lowest BCUT2D eigenvalue weighted by molar-refractivity contribution is -0.124. The van der Waals surface area contributed by atoms with Gasteiger partial charge >= 0.3 is 0 Å². The summed E-state index contributed by atoms with van der Waals surface area (Å²) in [5.41, 5.74) is 3.58. The van der Waals surface area contributed by atoms with E-state index in [4.69, 9.17) is 4.74 Å². The van der Waals surface area contributed by atoms with Gasteiger partial charge < -0.3 is 15.0 Å². The van der Waals surface area contributed by atoms with Crippen molar-refractivity contribution in [3.63, 3.8) is 0 Å². The molecule has 0 unspecified atom stereocenters. The van der Waals surface area contributed by atoms with Crippen molar-refractivity contribution in [1.82, 2.24) is 20.2 Å². The van der Waals surface area contributed by atoms with Crippen LogP contribution in [0.2, 0.25) is 0 Å². The maximum atomic E-state index is 12.4. The van der Waals surface area contributed by atoms with E-state index in [1.807, 2.05) is 0 Å². The Labute approximate surface area is 144 Å². The summed E-state index contributed by atoms with van der Waals surface area (Å²) in [7, 11) is 1.71. The predicted molar refractivity (Wildman–Crippen MR) is 91.7 cm³/mol. The Morgan fingerprint density at radius 1 is 1.33 bits per heavy atom. The Hall–Kier alpha value is -1.53. The molecular weight excluding hydrogens is 304 g/mol. The average molecular weight is 332 g/mol. The number of methoxy groups -OCH3 is 1. The number of aryl methyl sites for hydroxylation is 2. The molecule has 0 bridgehead atoms. The minimum absolute atomic E-state index is 0.0700. The zero-order valence-electron chi connectivity index (χ0n) is 14.8. The molecule has 6 nitrogen and oxygen atoms in total. The first-order chi connectivity index (χ1) is 11.7. The van der Waals surface area contributed by atoms with E-state index in [0.717, 1.165) is 57.0 Å². The lowest BCUT2D eigenvalue weighted by atomic mass is 9.95. The van der Waals surface area contributed by atoms with Gasteiger partial charge in [-0.2, -0.15) is 0 Å². The normalized spacial score (nSPS) is 20.8. The van der Waals surface area contributed by atoms with Crippen LogP contribution in [0.5, 0.6) is 0 Å². The van der Waals surface area contributed by atoms with Gasteiger partial charge in [0.15, 0.2) is 0 Å². The highest BCUT2D eigenvalue weighted by atomic mass is 16.5. The Balaban J connectivity index is 1.52. The number of ether oxygens (including phenoxy) is 1. The molecule has 1 aliphatic carbocycles. The summed E-state index contributed by atoms with van der Waals surface area (Å²) in [5.74, 6) is 0.935. The number of rotatable bonds is 6. The standard InChI is InChI=1S/C18H28N4O2/c1-13-15-5-3-4-6-16(15)21-17(20-13)11-19-18(23)14-7-8-22(12-14)9-10-24-2/h14H,3-12H2,1-2H3,(H,19,23)/t14-/m0/s1. The monoisotopic (exact) mass is 332 g/mol. The molecule has 132 valence electrons. The minimum Gasteiger partial charge on any atom is -0.383 e. The summed E-state index contributed by atoms with van der Waals surface area (Å²) >= 11 is 0. The van der Waals surface area contributed by atoms with Gasteiger partial charge in [-0.25, -0.2) is 9.97 Å². The lowest BCUT2D eigenvalue weighted by Gasteiger charge is -2.18. The van der Waals surface area contributed by atoms with Crippen molar-refractivity contribution in [2.75, 3.05) is 33.4 Å². The van der Waals surface area contributed by atoms with Crippen molar-refractivity contribution < 1.29 is 9.53 Å². The molecule has 1 saturated heterocycles. The van der Waals surface area contributed by atoms with E-state index in [1.54, 1.807) is 7.11 Å². The van der Waals surface area contributed by atoms with Crippen molar-refractivity contribution in [3.05, 3.63) is 22.8 Å². The van der Waals surface area contributed by atoms with Gasteiger partial charge in [-0.05, 0) is 51.1 Å². The number of likely N-dealkylation sites (tertiary alicyclic amines) is 1. The molecule has 1 atom stereocenters. The molecule has 6 heteroatoms. The number of nitrogens with zero attached hydrogens (tertiary/aromatic N) is 3. The summed E-state index contributed by atoms with van der Waals surface area (Å²) in [6, 6.07) is 0. The molecule has 2 aliphatic rings. The number of hydrogen-bond donors (Lipinski definition) is 1. The van der Waals surface area contributed by atoms with Crippen LogP contribution in [0.1, 0.15) is 42.0 Å². The van der Waals surface area contributed by atoms with Gasteiger partial charge in [0, 0.05) is 31.6 Å². The number of fused-ring (bicyclic) bond motifs is 1. The Bertz CT molecular complexity index is 591. The number of carbonyl (C=O) groups excluding carboxylic acids is 1. The SMILES string of the molecule is COCCN1CC[C@H](C(=O)NCc2nc(C)c3c(n2)CCCC3)C1. The van der Waals surface area contributed by atoms with Gasteiger partial charge in [-0.3, -0.25) is 4.79 Å². The first kappa shape index (κ1) is 17.3. The van der Waals surface area contributed by atoms with E-state index in [-0.39, 0.29) is 11.8 Å². The highest BCUT2D eigenvalue weighted by molar-refractivity contribution is 5.79. The highest BCUT2D eigenvalue weighted by Gasteiger charge is 2.28. The van der Waals surface area contributed by atoms with Crippen LogP contribution in [0.25, 0.3) is 0 Å². The molecule has 0 aromatic carbocycles. The van der Waals surface area contributed by atoms with Crippen LogP contribution in [-0.2, 0) is 28.9 Å². The van der Waals surface area contributed by atoms with Gasteiger partial charge in [-0.1, -0.05) is 0 Å². The van der Waals surface area contributed by atoms with E-state index in [0.29, 0.717) is 6.54 Å². The van der Waals surface area contributed by atoms with Gasteiger partial charge in [0.2, 0.25) is 5.91 Å². The summed E-state index contributed by atoms with van der Waals surface area (Å²) in [6.07, 6.45) is 5.48.